The highest BCUT2D eigenvalue weighted by molar-refractivity contribution is 5.82. The van der Waals surface area contributed by atoms with Crippen LogP contribution in [0.15, 0.2) is 59.7 Å². The van der Waals surface area contributed by atoms with Crippen LogP contribution in [0.4, 0.5) is 0 Å². The van der Waals surface area contributed by atoms with Crippen molar-refractivity contribution in [2.45, 2.75) is 252 Å². The van der Waals surface area contributed by atoms with Gasteiger partial charge in [-0.3, -0.25) is 0 Å². The molecule has 0 N–H and O–H groups in total. The molecular weight excluding hydrogens is 689 g/mol. The number of rotatable bonds is 37. The molecule has 57 heavy (non-hydrogen) atoms. The first-order valence-electron chi connectivity index (χ1n) is 25.3. The Labute approximate surface area is 354 Å². The summed E-state index contributed by atoms with van der Waals surface area (Å²) in [7, 11) is 0. The zero-order chi connectivity index (χ0) is 40.6. The standard InChI is InChI=1S/C55H90N2/c1-5-9-13-15-17-19-21-23-25-27-29-31-33-35-45-53-52(44-12-8-4)54(57(56)55(53)50-42-36-40-48(46-50)38-11-7-3)51-43-37-41-49(47-51)39-34-32-30-28-26-24-22-20-18-16-14-10-6-2/h36-37,40-43,46-47H,5-35,38-39,44-45H2,1-4H3. The first kappa shape index (κ1) is 48.9. The third-order valence-electron chi connectivity index (χ3n) is 12.7. The number of hydrogen-bond donors (Lipinski definition) is 0. The van der Waals surface area contributed by atoms with Gasteiger partial charge in [0.25, 0.3) is 0 Å². The van der Waals surface area contributed by atoms with Crippen LogP contribution < -0.4 is 0 Å². The molecule has 0 saturated carbocycles. The van der Waals surface area contributed by atoms with Gasteiger partial charge in [-0.1, -0.05) is 225 Å². The minimum absolute atomic E-state index is 1.03. The molecule has 0 aliphatic carbocycles. The zero-order valence-electron chi connectivity index (χ0n) is 38.3. The molecule has 0 atom stereocenters. The Balaban J connectivity index is 1.61. The summed E-state index contributed by atoms with van der Waals surface area (Å²) >= 11 is 0. The van der Waals surface area contributed by atoms with Crippen molar-refractivity contribution in [3.05, 3.63) is 87.5 Å². The lowest BCUT2D eigenvalue weighted by atomic mass is 9.91. The summed E-state index contributed by atoms with van der Waals surface area (Å²) in [5.41, 5.74) is 22.3. The van der Waals surface area contributed by atoms with Crippen molar-refractivity contribution in [2.24, 2.45) is 0 Å². The Kier molecular flexibility index (Phi) is 27.8. The lowest BCUT2D eigenvalue weighted by Gasteiger charge is -2.12. The Bertz CT molecular complexity index is 1390. The molecule has 0 bridgehead atoms. The number of hydrogen-bond acceptors (Lipinski definition) is 0. The maximum atomic E-state index is 12.3. The van der Waals surface area contributed by atoms with Crippen LogP contribution in [-0.4, -0.2) is 4.70 Å². The molecule has 0 spiro atoms. The van der Waals surface area contributed by atoms with E-state index in [4.69, 9.17) is 0 Å². The average molecular weight is 779 g/mol. The van der Waals surface area contributed by atoms with Crippen molar-refractivity contribution in [2.75, 3.05) is 0 Å². The summed E-state index contributed by atoms with van der Waals surface area (Å²) in [6, 6.07) is 18.3. The number of benzene rings is 2. The third kappa shape index (κ3) is 19.9. The van der Waals surface area contributed by atoms with E-state index in [1.54, 1.807) is 4.70 Å². The van der Waals surface area contributed by atoms with Crippen molar-refractivity contribution in [3.8, 4) is 0 Å². The second-order valence-corrected chi connectivity index (χ2v) is 17.9. The van der Waals surface area contributed by atoms with Crippen LogP contribution in [0, 0.1) is 0 Å². The van der Waals surface area contributed by atoms with Crippen molar-refractivity contribution >= 4 is 11.4 Å². The maximum Gasteiger partial charge on any atom is 0.211 e. The van der Waals surface area contributed by atoms with E-state index >= 15 is 0 Å². The Morgan fingerprint density at radius 1 is 0.333 bits per heavy atom. The monoisotopic (exact) mass is 779 g/mol. The highest BCUT2D eigenvalue weighted by Crippen LogP contribution is 2.45. The third-order valence-corrected chi connectivity index (χ3v) is 12.7. The van der Waals surface area contributed by atoms with E-state index < -0.39 is 0 Å². The van der Waals surface area contributed by atoms with Crippen LogP contribution in [0.1, 0.15) is 262 Å². The molecule has 0 fully saturated rings. The molecule has 1 heterocycles. The van der Waals surface area contributed by atoms with Crippen molar-refractivity contribution in [1.82, 2.24) is 0 Å². The highest BCUT2D eigenvalue weighted by Gasteiger charge is 2.35. The first-order chi connectivity index (χ1) is 28.1. The predicted molar refractivity (Wildman–Crippen MR) is 253 cm³/mol. The fraction of sp³-hybridized carbons (Fsp3) is 0.709. The molecule has 1 aliphatic rings. The zero-order valence-corrected chi connectivity index (χ0v) is 38.3. The molecule has 0 amide bonds. The molecule has 2 aromatic carbocycles. The van der Waals surface area contributed by atoms with Gasteiger partial charge in [-0.2, -0.15) is 0 Å². The van der Waals surface area contributed by atoms with Gasteiger partial charge in [0.15, 0.2) is 0 Å². The quantitative estimate of drug-likeness (QED) is 0.0482. The molecular formula is C55H90N2. The lowest BCUT2D eigenvalue weighted by molar-refractivity contribution is -0.345. The summed E-state index contributed by atoms with van der Waals surface area (Å²) in [6.45, 7) is 9.18. The van der Waals surface area contributed by atoms with Crippen molar-refractivity contribution in [1.29, 1.82) is 0 Å². The Hall–Kier alpha value is -2.48. The Morgan fingerprint density at radius 2 is 0.614 bits per heavy atom. The van der Waals surface area contributed by atoms with E-state index in [9.17, 15) is 5.53 Å². The smallest absolute Gasteiger partial charge is 0.211 e. The average Bonchev–Trinajstić information content (AvgIpc) is 3.51. The molecule has 0 unspecified atom stereocenters. The van der Waals surface area contributed by atoms with Crippen LogP contribution in [0.25, 0.3) is 16.9 Å². The minimum Gasteiger partial charge on any atom is -0.493 e. The number of unbranched alkanes of at least 4 members (excludes halogenated alkanes) is 27. The summed E-state index contributed by atoms with van der Waals surface area (Å²) in [5.74, 6) is 0. The van der Waals surface area contributed by atoms with Crippen molar-refractivity contribution in [3.63, 3.8) is 0 Å². The summed E-state index contributed by atoms with van der Waals surface area (Å²) in [6.07, 6.45) is 46.4. The molecule has 3 rings (SSSR count). The van der Waals surface area contributed by atoms with Gasteiger partial charge in [0.2, 0.25) is 11.4 Å². The van der Waals surface area contributed by atoms with Gasteiger partial charge in [0.1, 0.15) is 0 Å². The molecule has 1 aliphatic heterocycles. The fourth-order valence-corrected chi connectivity index (χ4v) is 9.11. The fourth-order valence-electron chi connectivity index (χ4n) is 9.11. The predicted octanol–water partition coefficient (Wildman–Crippen LogP) is 18.9. The molecule has 0 radical (unpaired) electrons. The van der Waals surface area contributed by atoms with Crippen LogP contribution in [0.3, 0.4) is 0 Å². The minimum atomic E-state index is 1.03. The second kappa shape index (κ2) is 32.4. The van der Waals surface area contributed by atoms with E-state index in [2.05, 4.69) is 76.2 Å². The van der Waals surface area contributed by atoms with Crippen molar-refractivity contribution < 1.29 is 4.70 Å². The van der Waals surface area contributed by atoms with Gasteiger partial charge >= 0.3 is 0 Å². The van der Waals surface area contributed by atoms with E-state index in [1.807, 2.05) is 0 Å². The number of aryl methyl sites for hydroxylation is 2. The lowest BCUT2D eigenvalue weighted by Crippen LogP contribution is -2.03. The van der Waals surface area contributed by atoms with Crippen LogP contribution in [-0.2, 0) is 12.8 Å². The Morgan fingerprint density at radius 3 is 0.982 bits per heavy atom. The SMILES string of the molecule is CCCCCCCCCCCCCCCCC1=C(c2cccc(CCCC)c2)[N+](=[N-])C(c2cccc(CCCCCCCCCCCCCCC)c2)=C1CCCC. The molecule has 2 heteroatoms. The molecule has 320 valence electrons. The number of nitrogens with zero attached hydrogens (tertiary/aromatic N) is 2. The van der Waals surface area contributed by atoms with E-state index in [-0.39, 0.29) is 0 Å². The largest absolute Gasteiger partial charge is 0.493 e. The topological polar surface area (TPSA) is 25.3 Å². The van der Waals surface area contributed by atoms with Crippen LogP contribution >= 0.6 is 0 Å². The van der Waals surface area contributed by atoms with Gasteiger partial charge in [0.05, 0.1) is 0 Å². The van der Waals surface area contributed by atoms with Crippen LogP contribution in [0.2, 0.25) is 0 Å². The second-order valence-electron chi connectivity index (χ2n) is 17.9. The maximum absolute atomic E-state index is 12.3. The van der Waals surface area contributed by atoms with E-state index in [0.717, 1.165) is 49.9 Å². The summed E-state index contributed by atoms with van der Waals surface area (Å²) in [5, 5.41) is 0. The van der Waals surface area contributed by atoms with Gasteiger partial charge < -0.3 is 5.53 Å². The van der Waals surface area contributed by atoms with Gasteiger partial charge in [-0.15, -0.1) is 0 Å². The van der Waals surface area contributed by atoms with Gasteiger partial charge in [0, 0.05) is 22.3 Å². The van der Waals surface area contributed by atoms with Gasteiger partial charge in [-0.25, -0.2) is 4.70 Å². The van der Waals surface area contributed by atoms with E-state index in [0.29, 0.717) is 0 Å². The normalized spacial score (nSPS) is 13.2. The molecule has 0 aromatic heterocycles. The molecule has 0 saturated heterocycles. The summed E-state index contributed by atoms with van der Waals surface area (Å²) in [4.78, 5) is 0. The highest BCUT2D eigenvalue weighted by atomic mass is 15.2. The number of allylic oxidation sites excluding steroid dienone is 2. The molecule has 2 nitrogen and oxygen atoms in total. The first-order valence-corrected chi connectivity index (χ1v) is 25.3. The van der Waals surface area contributed by atoms with Crippen LogP contribution in [0.5, 0.6) is 0 Å². The summed E-state index contributed by atoms with van der Waals surface area (Å²) < 4.78 is 1.62. The molecule has 2 aromatic rings. The van der Waals surface area contributed by atoms with E-state index in [1.165, 1.54) is 220 Å². The van der Waals surface area contributed by atoms with Gasteiger partial charge in [-0.05, 0) is 86.8 Å².